The Balaban J connectivity index is 1.23. The van der Waals surface area contributed by atoms with Crippen LogP contribution in [0.15, 0.2) is 164 Å². The molecule has 3 aliphatic heterocycles. The third-order valence-corrected chi connectivity index (χ3v) is 17.8. The molecular weight excluding hydrogens is 868 g/mol. The van der Waals surface area contributed by atoms with Crippen molar-refractivity contribution in [3.63, 3.8) is 0 Å². The van der Waals surface area contributed by atoms with Crippen molar-refractivity contribution >= 4 is 57.2 Å². The van der Waals surface area contributed by atoms with Crippen molar-refractivity contribution < 1.29 is 0 Å². The molecule has 3 heteroatoms. The zero-order valence-electron chi connectivity index (χ0n) is 45.1. The Labute approximate surface area is 431 Å². The van der Waals surface area contributed by atoms with Crippen LogP contribution in [0.4, 0.5) is 34.1 Å². The minimum atomic E-state index is -0.246. The van der Waals surface area contributed by atoms with Gasteiger partial charge in [0.1, 0.15) is 0 Å². The molecule has 72 heavy (non-hydrogen) atoms. The van der Waals surface area contributed by atoms with Crippen molar-refractivity contribution in [1.82, 2.24) is 0 Å². The van der Waals surface area contributed by atoms with Crippen LogP contribution in [0.25, 0.3) is 22.3 Å². The van der Waals surface area contributed by atoms with Gasteiger partial charge in [0.15, 0.2) is 0 Å². The summed E-state index contributed by atoms with van der Waals surface area (Å²) in [7, 11) is 0. The average Bonchev–Trinajstić information content (AvgIpc) is 3.36. The van der Waals surface area contributed by atoms with Gasteiger partial charge in [-0.3, -0.25) is 0 Å². The van der Waals surface area contributed by atoms with Crippen molar-refractivity contribution in [3.8, 4) is 22.3 Å². The van der Waals surface area contributed by atoms with Gasteiger partial charge >= 0.3 is 0 Å². The van der Waals surface area contributed by atoms with Crippen molar-refractivity contribution in [2.24, 2.45) is 0 Å². The monoisotopic (exact) mass is 939 g/mol. The lowest BCUT2D eigenvalue weighted by Gasteiger charge is -2.49. The molecule has 0 radical (unpaired) electrons. The highest BCUT2D eigenvalue weighted by molar-refractivity contribution is 7.00. The first kappa shape index (κ1) is 46.5. The molecule has 3 heterocycles. The second-order valence-electron chi connectivity index (χ2n) is 25.6. The summed E-state index contributed by atoms with van der Waals surface area (Å²) in [5.41, 5.74) is 27.4. The molecule has 0 fully saturated rings. The predicted octanol–water partition coefficient (Wildman–Crippen LogP) is 16.8. The lowest BCUT2D eigenvalue weighted by atomic mass is 9.32. The predicted molar refractivity (Wildman–Crippen MR) is 310 cm³/mol. The molecule has 2 nitrogen and oxygen atoms in total. The van der Waals surface area contributed by atoms with E-state index in [1.54, 1.807) is 0 Å². The van der Waals surface area contributed by atoms with Crippen LogP contribution in [-0.2, 0) is 27.1 Å². The number of rotatable bonds is 5. The van der Waals surface area contributed by atoms with Crippen LogP contribution in [0.5, 0.6) is 0 Å². The van der Waals surface area contributed by atoms with Crippen LogP contribution < -0.4 is 26.2 Å². The molecule has 0 aromatic heterocycles. The molecule has 1 unspecified atom stereocenters. The van der Waals surface area contributed by atoms with E-state index in [-0.39, 0.29) is 33.8 Å². The van der Waals surface area contributed by atoms with Crippen LogP contribution >= 0.6 is 0 Å². The number of hydrogen-bond acceptors (Lipinski definition) is 2. The van der Waals surface area contributed by atoms with Gasteiger partial charge in [0.2, 0.25) is 0 Å². The van der Waals surface area contributed by atoms with E-state index in [2.05, 4.69) is 264 Å². The van der Waals surface area contributed by atoms with Crippen LogP contribution in [0.3, 0.4) is 0 Å². The summed E-state index contributed by atoms with van der Waals surface area (Å²) in [6.45, 7) is 31.1. The number of benzene rings is 8. The van der Waals surface area contributed by atoms with E-state index >= 15 is 0 Å². The van der Waals surface area contributed by atoms with Gasteiger partial charge in [0.05, 0.1) is 5.69 Å². The van der Waals surface area contributed by atoms with Gasteiger partial charge in [-0.2, -0.15) is 0 Å². The number of fused-ring (bicyclic) bond motifs is 10. The summed E-state index contributed by atoms with van der Waals surface area (Å²) < 4.78 is 0. The van der Waals surface area contributed by atoms with Gasteiger partial charge in [-0.15, -0.1) is 0 Å². The quantitative estimate of drug-likeness (QED) is 0.159. The van der Waals surface area contributed by atoms with Crippen LogP contribution in [0.1, 0.15) is 153 Å². The normalized spacial score (nSPS) is 17.3. The first-order chi connectivity index (χ1) is 34.1. The van der Waals surface area contributed by atoms with E-state index in [1.807, 2.05) is 0 Å². The molecule has 0 saturated heterocycles. The fourth-order valence-corrected chi connectivity index (χ4v) is 13.1. The summed E-state index contributed by atoms with van der Waals surface area (Å²) in [5, 5.41) is 0. The van der Waals surface area contributed by atoms with E-state index < -0.39 is 0 Å². The molecule has 12 rings (SSSR count). The zero-order valence-corrected chi connectivity index (χ0v) is 45.1. The van der Waals surface area contributed by atoms with Crippen LogP contribution in [-0.4, -0.2) is 6.71 Å². The van der Waals surface area contributed by atoms with E-state index in [0.717, 1.165) is 12.8 Å². The molecule has 1 atom stereocenters. The van der Waals surface area contributed by atoms with Crippen LogP contribution in [0, 0.1) is 0 Å². The minimum Gasteiger partial charge on any atom is -0.311 e. The molecule has 0 N–H and O–H groups in total. The van der Waals surface area contributed by atoms with Crippen molar-refractivity contribution in [3.05, 3.63) is 208 Å². The molecule has 4 aliphatic rings. The summed E-state index contributed by atoms with van der Waals surface area (Å²) in [6, 6.07) is 64.6. The Bertz CT molecular complexity index is 3470. The maximum absolute atomic E-state index is 2.72. The maximum Gasteiger partial charge on any atom is 0.252 e. The van der Waals surface area contributed by atoms with Gasteiger partial charge in [0, 0.05) is 44.8 Å². The lowest BCUT2D eigenvalue weighted by molar-refractivity contribution is 0.350. The second-order valence-corrected chi connectivity index (χ2v) is 25.6. The summed E-state index contributed by atoms with van der Waals surface area (Å²) in [6.07, 6.45) is 2.16. The summed E-state index contributed by atoms with van der Waals surface area (Å²) in [4.78, 5) is 5.34. The second kappa shape index (κ2) is 16.0. The molecular formula is C69H71BN2. The van der Waals surface area contributed by atoms with Gasteiger partial charge < -0.3 is 9.80 Å². The van der Waals surface area contributed by atoms with Crippen molar-refractivity contribution in [2.45, 2.75) is 136 Å². The van der Waals surface area contributed by atoms with Gasteiger partial charge in [-0.25, -0.2) is 0 Å². The highest BCUT2D eigenvalue weighted by atomic mass is 15.2. The summed E-state index contributed by atoms with van der Waals surface area (Å²) in [5.74, 6) is 0.302. The number of hydrogen-bond donors (Lipinski definition) is 0. The lowest BCUT2D eigenvalue weighted by Crippen LogP contribution is -2.62. The fourth-order valence-electron chi connectivity index (χ4n) is 13.1. The molecule has 0 amide bonds. The number of nitrogens with zero attached hydrogens (tertiary/aromatic N) is 2. The molecule has 4 bridgehead atoms. The molecule has 8 aromatic carbocycles. The Hall–Kier alpha value is -6.58. The Kier molecular flexibility index (Phi) is 10.3. The molecule has 0 spiro atoms. The average molecular weight is 939 g/mol. The fraction of sp³-hybridized carbons (Fsp3) is 0.304. The first-order valence-electron chi connectivity index (χ1n) is 26.8. The standard InChI is InChI=1S/C69H71BN2/c1-43(2)46-37-62-64-63(38-46)72-59-32-27-49(66(6,7)8)39-53(59)45-24-31-52(44-20-16-14-17-21-44)54(36-45)69(13)35-34-67(9,10)55-41-58(61(72)42-56(55)69)70(64)57-40-50(68(11,12)48-22-18-15-19-23-48)28-33-60(57)71(62)51-29-25-47(26-30-51)65(3,4)5/h14-33,36-43H,34-35H2,1-13H3. The smallest absolute Gasteiger partial charge is 0.252 e. The highest BCUT2D eigenvalue weighted by Gasteiger charge is 2.49. The number of anilines is 6. The SMILES string of the molecule is CC(C)c1cc2c3c(c1)N1c4cc5c(cc4B3c3cc(C(C)(C)c4ccccc4)ccc3N2c2ccc(C(C)(C)C)cc2)C(C)(C)CCC5(C)c2cc(ccc2-c2ccccc2)-c2cc(C(C)(C)C)ccc21. The zero-order chi connectivity index (χ0) is 50.4. The van der Waals surface area contributed by atoms with Crippen LogP contribution in [0.2, 0.25) is 0 Å². The first-order valence-corrected chi connectivity index (χ1v) is 26.8. The van der Waals surface area contributed by atoms with E-state index in [9.17, 15) is 0 Å². The van der Waals surface area contributed by atoms with Gasteiger partial charge in [0.25, 0.3) is 6.71 Å². The molecule has 0 saturated carbocycles. The Morgan fingerprint density at radius 3 is 1.72 bits per heavy atom. The third-order valence-electron chi connectivity index (χ3n) is 17.8. The molecule has 8 aromatic rings. The highest BCUT2D eigenvalue weighted by Crippen LogP contribution is 2.56. The minimum absolute atomic E-state index is 0.0127. The van der Waals surface area contributed by atoms with E-state index in [1.165, 1.54) is 117 Å². The third kappa shape index (κ3) is 7.04. The Morgan fingerprint density at radius 1 is 0.444 bits per heavy atom. The van der Waals surface area contributed by atoms with E-state index in [0.29, 0.717) is 5.92 Å². The summed E-state index contributed by atoms with van der Waals surface area (Å²) >= 11 is 0. The van der Waals surface area contributed by atoms with Gasteiger partial charge in [-0.05, 0) is 167 Å². The maximum atomic E-state index is 2.72. The molecule has 1 aliphatic carbocycles. The molecule has 360 valence electrons. The van der Waals surface area contributed by atoms with Gasteiger partial charge in [-0.1, -0.05) is 199 Å². The topological polar surface area (TPSA) is 6.48 Å². The Morgan fingerprint density at radius 2 is 1.06 bits per heavy atom. The largest absolute Gasteiger partial charge is 0.311 e. The van der Waals surface area contributed by atoms with E-state index in [4.69, 9.17) is 0 Å². The van der Waals surface area contributed by atoms with Crippen molar-refractivity contribution in [2.75, 3.05) is 9.80 Å². The van der Waals surface area contributed by atoms with Crippen molar-refractivity contribution in [1.29, 1.82) is 0 Å².